The lowest BCUT2D eigenvalue weighted by molar-refractivity contribution is -0.388. The van der Waals surface area contributed by atoms with E-state index in [1.807, 2.05) is 5.21 Å². The highest BCUT2D eigenvalue weighted by Crippen LogP contribution is 2.19. The zero-order chi connectivity index (χ0) is 8.27. The van der Waals surface area contributed by atoms with Crippen LogP contribution in [0.4, 0.5) is 11.6 Å². The van der Waals surface area contributed by atoms with E-state index in [-0.39, 0.29) is 5.82 Å². The number of aromatic nitrogens is 3. The summed E-state index contributed by atoms with van der Waals surface area (Å²) in [7, 11) is 0. The van der Waals surface area contributed by atoms with Gasteiger partial charge in [0.05, 0.1) is 5.10 Å². The van der Waals surface area contributed by atoms with Crippen LogP contribution in [0.3, 0.4) is 0 Å². The number of H-pyrrole nitrogens is 1. The largest absolute Gasteiger partial charge is 0.420 e. The third kappa shape index (κ3) is 1.22. The Balaban J connectivity index is 3.15. The molecule has 0 aliphatic rings. The lowest BCUT2D eigenvalue weighted by atomic mass is 10.7. The van der Waals surface area contributed by atoms with Crippen molar-refractivity contribution in [2.24, 2.45) is 5.11 Å². The molecule has 0 saturated carbocycles. The van der Waals surface area contributed by atoms with Gasteiger partial charge in [0.25, 0.3) is 0 Å². The van der Waals surface area contributed by atoms with E-state index in [4.69, 9.17) is 5.53 Å². The first kappa shape index (κ1) is 6.96. The zero-order valence-corrected chi connectivity index (χ0v) is 5.00. The fourth-order valence-electron chi connectivity index (χ4n) is 0.452. The summed E-state index contributed by atoms with van der Waals surface area (Å²) in [6, 6.07) is 0. The lowest BCUT2D eigenvalue weighted by Crippen LogP contribution is -1.87. The molecule has 0 unspecified atom stereocenters. The maximum atomic E-state index is 10.1. The number of nitrogens with zero attached hydrogens (tertiary/aromatic N) is 6. The Morgan fingerprint density at radius 2 is 2.45 bits per heavy atom. The lowest BCUT2D eigenvalue weighted by Gasteiger charge is -1.83. The van der Waals surface area contributed by atoms with Gasteiger partial charge in [-0.1, -0.05) is 0 Å². The Bertz CT molecular complexity index is 304. The maximum absolute atomic E-state index is 10.1. The van der Waals surface area contributed by atoms with Crippen molar-refractivity contribution in [2.75, 3.05) is 0 Å². The summed E-state index contributed by atoms with van der Waals surface area (Å²) in [4.78, 5) is 11.6. The minimum Gasteiger partial charge on any atom is -0.358 e. The molecule has 9 heteroatoms. The molecule has 0 aliphatic carbocycles. The standard InChI is InChI=1S/C2HN7O2/c3-7-4-1-2(9(10)11)6-8-5-1/h(H,5,6,8). The highest BCUT2D eigenvalue weighted by atomic mass is 16.6. The molecule has 0 radical (unpaired) electrons. The highest BCUT2D eigenvalue weighted by molar-refractivity contribution is 5.42. The van der Waals surface area contributed by atoms with Crippen molar-refractivity contribution in [3.05, 3.63) is 20.6 Å². The van der Waals surface area contributed by atoms with Crippen LogP contribution in [0.5, 0.6) is 0 Å². The normalized spacial score (nSPS) is 8.73. The molecule has 0 bridgehead atoms. The molecule has 56 valence electrons. The number of aromatic amines is 1. The zero-order valence-electron chi connectivity index (χ0n) is 5.00. The highest BCUT2D eigenvalue weighted by Gasteiger charge is 2.16. The number of nitrogens with one attached hydrogen (secondary N) is 1. The SMILES string of the molecule is [N-]=[N+]=Nc1n[nH]nc1[N+](=O)[O-]. The van der Waals surface area contributed by atoms with Gasteiger partial charge >= 0.3 is 5.82 Å². The van der Waals surface area contributed by atoms with E-state index in [0.717, 1.165) is 0 Å². The first-order valence-electron chi connectivity index (χ1n) is 2.36. The Morgan fingerprint density at radius 3 is 3.00 bits per heavy atom. The number of azide groups is 1. The van der Waals surface area contributed by atoms with Gasteiger partial charge in [-0.2, -0.15) is 0 Å². The molecule has 9 nitrogen and oxygen atoms in total. The molecule has 11 heavy (non-hydrogen) atoms. The minimum atomic E-state index is -0.798. The Kier molecular flexibility index (Phi) is 1.66. The van der Waals surface area contributed by atoms with Crippen LogP contribution in [0.2, 0.25) is 0 Å². The van der Waals surface area contributed by atoms with Crippen LogP contribution in [0.15, 0.2) is 5.11 Å². The van der Waals surface area contributed by atoms with Crippen molar-refractivity contribution in [2.45, 2.75) is 0 Å². The topological polar surface area (TPSA) is 133 Å². The van der Waals surface area contributed by atoms with Crippen LogP contribution in [0.25, 0.3) is 10.4 Å². The van der Waals surface area contributed by atoms with Crippen LogP contribution < -0.4 is 0 Å². The molecule has 1 rings (SSSR count). The summed E-state index contributed by atoms with van der Waals surface area (Å²) in [5, 5.41) is 21.3. The smallest absolute Gasteiger partial charge is 0.358 e. The van der Waals surface area contributed by atoms with E-state index in [2.05, 4.69) is 20.2 Å². The summed E-state index contributed by atoms with van der Waals surface area (Å²) >= 11 is 0. The van der Waals surface area contributed by atoms with Crippen molar-refractivity contribution in [3.8, 4) is 0 Å². The van der Waals surface area contributed by atoms with E-state index in [0.29, 0.717) is 0 Å². The summed E-state index contributed by atoms with van der Waals surface area (Å²) < 4.78 is 0. The molecule has 0 atom stereocenters. The molecule has 0 aromatic carbocycles. The number of nitro groups is 1. The Morgan fingerprint density at radius 1 is 1.73 bits per heavy atom. The summed E-state index contributed by atoms with van der Waals surface area (Å²) in [6.45, 7) is 0. The van der Waals surface area contributed by atoms with Gasteiger partial charge in [-0.15, -0.1) is 10.3 Å². The van der Waals surface area contributed by atoms with E-state index < -0.39 is 10.7 Å². The van der Waals surface area contributed by atoms with Gasteiger partial charge in [0.15, 0.2) is 0 Å². The molecule has 0 saturated heterocycles. The van der Waals surface area contributed by atoms with Crippen LogP contribution >= 0.6 is 0 Å². The number of hydrogen-bond donors (Lipinski definition) is 1. The molecule has 0 fully saturated rings. The number of hydrogen-bond acceptors (Lipinski definition) is 5. The second kappa shape index (κ2) is 2.62. The predicted octanol–water partition coefficient (Wildman–Crippen LogP) is 0.655. The van der Waals surface area contributed by atoms with E-state index >= 15 is 0 Å². The van der Waals surface area contributed by atoms with Gasteiger partial charge < -0.3 is 10.1 Å². The van der Waals surface area contributed by atoms with Crippen LogP contribution in [0.1, 0.15) is 0 Å². The molecule has 1 N–H and O–H groups in total. The Labute approximate surface area is 58.8 Å². The first-order chi connectivity index (χ1) is 5.25. The minimum absolute atomic E-state index is 0.363. The monoisotopic (exact) mass is 155 g/mol. The molecular formula is C2HN7O2. The predicted molar refractivity (Wildman–Crippen MR) is 31.8 cm³/mol. The van der Waals surface area contributed by atoms with Crippen molar-refractivity contribution in [3.63, 3.8) is 0 Å². The third-order valence-electron chi connectivity index (χ3n) is 0.824. The molecule has 1 aromatic rings. The first-order valence-corrected chi connectivity index (χ1v) is 2.36. The van der Waals surface area contributed by atoms with E-state index in [1.165, 1.54) is 0 Å². The van der Waals surface area contributed by atoms with Crippen molar-refractivity contribution in [1.29, 1.82) is 0 Å². The molecule has 0 amide bonds. The molecule has 0 aliphatic heterocycles. The average Bonchev–Trinajstić information content (AvgIpc) is 2.36. The molecule has 0 spiro atoms. The van der Waals surface area contributed by atoms with Gasteiger partial charge in [-0.3, -0.25) is 0 Å². The van der Waals surface area contributed by atoms with Crippen LogP contribution in [0, 0.1) is 10.1 Å². The van der Waals surface area contributed by atoms with Crippen molar-refractivity contribution >= 4 is 11.6 Å². The van der Waals surface area contributed by atoms with Gasteiger partial charge in [0, 0.05) is 4.91 Å². The molecule has 1 aromatic heterocycles. The van der Waals surface area contributed by atoms with Gasteiger partial charge in [0.1, 0.15) is 0 Å². The van der Waals surface area contributed by atoms with E-state index in [9.17, 15) is 10.1 Å². The van der Waals surface area contributed by atoms with Crippen molar-refractivity contribution in [1.82, 2.24) is 15.4 Å². The molecular weight excluding hydrogens is 154 g/mol. The number of rotatable bonds is 2. The van der Waals surface area contributed by atoms with Gasteiger partial charge in [0.2, 0.25) is 5.82 Å². The average molecular weight is 155 g/mol. The molecule has 1 heterocycles. The second-order valence-electron chi connectivity index (χ2n) is 1.42. The van der Waals surface area contributed by atoms with Gasteiger partial charge in [-0.25, -0.2) is 0 Å². The quantitative estimate of drug-likeness (QED) is 0.220. The van der Waals surface area contributed by atoms with E-state index in [1.54, 1.807) is 0 Å². The fraction of sp³-hybridized carbons (Fsp3) is 0. The Hall–Kier alpha value is -2.15. The second-order valence-corrected chi connectivity index (χ2v) is 1.42. The van der Waals surface area contributed by atoms with Crippen LogP contribution in [-0.2, 0) is 0 Å². The summed E-state index contributed by atoms with van der Waals surface area (Å²) in [5.74, 6) is -0.944. The van der Waals surface area contributed by atoms with Gasteiger partial charge in [-0.05, 0) is 15.6 Å². The summed E-state index contributed by atoms with van der Waals surface area (Å²) in [5.41, 5.74) is 7.90. The summed E-state index contributed by atoms with van der Waals surface area (Å²) in [6.07, 6.45) is 0. The van der Waals surface area contributed by atoms with Crippen molar-refractivity contribution < 1.29 is 4.92 Å². The third-order valence-corrected chi connectivity index (χ3v) is 0.824. The van der Waals surface area contributed by atoms with Crippen LogP contribution in [-0.4, -0.2) is 20.3 Å². The maximum Gasteiger partial charge on any atom is 0.420 e. The fourth-order valence-corrected chi connectivity index (χ4v) is 0.452.